The van der Waals surface area contributed by atoms with E-state index in [1.54, 1.807) is 30.5 Å². The monoisotopic (exact) mass is 520 g/mol. The molecule has 0 aliphatic heterocycles. The number of carbonyl (C=O) groups excluding carboxylic acids is 1. The van der Waals surface area contributed by atoms with Crippen LogP contribution in [0.4, 0.5) is 0 Å². The van der Waals surface area contributed by atoms with Crippen molar-refractivity contribution >= 4 is 54.9 Å². The number of halogens is 2. The molecule has 0 saturated heterocycles. The van der Waals surface area contributed by atoms with E-state index in [1.165, 1.54) is 4.68 Å². The largest absolute Gasteiger partial charge is 0.483 e. The minimum absolute atomic E-state index is 0.208. The Morgan fingerprint density at radius 3 is 2.76 bits per heavy atom. The number of nitrogens with zero attached hydrogens (tertiary/aromatic N) is 3. The van der Waals surface area contributed by atoms with Gasteiger partial charge in [-0.15, -0.1) is 0 Å². The molecule has 0 atom stereocenters. The molecule has 2 aromatic carbocycles. The van der Waals surface area contributed by atoms with Crippen LogP contribution in [-0.4, -0.2) is 28.4 Å². The number of benzene rings is 2. The molecule has 29 heavy (non-hydrogen) atoms. The lowest BCUT2D eigenvalue weighted by molar-refractivity contribution is -0.119. The number of hydrogen-bond donors (Lipinski definition) is 1. The summed E-state index contributed by atoms with van der Waals surface area (Å²) in [5.41, 5.74) is 6.25. The average molecular weight is 522 g/mol. The van der Waals surface area contributed by atoms with Gasteiger partial charge in [0.1, 0.15) is 11.6 Å². The highest BCUT2D eigenvalue weighted by Crippen LogP contribution is 2.25. The minimum Gasteiger partial charge on any atom is -0.483 e. The lowest BCUT2D eigenvalue weighted by atomic mass is 10.2. The number of fused-ring (bicyclic) bond motifs is 1. The summed E-state index contributed by atoms with van der Waals surface area (Å²) >= 11 is 6.79. The van der Waals surface area contributed by atoms with Gasteiger partial charge in [0.15, 0.2) is 6.61 Å². The van der Waals surface area contributed by atoms with Crippen LogP contribution in [0.3, 0.4) is 0 Å². The van der Waals surface area contributed by atoms with Gasteiger partial charge in [0, 0.05) is 10.9 Å². The molecule has 0 spiro atoms. The maximum absolute atomic E-state index is 13.0. The van der Waals surface area contributed by atoms with Crippen molar-refractivity contribution in [1.82, 2.24) is 9.66 Å². The number of ether oxygens (including phenoxy) is 1. The Morgan fingerprint density at radius 1 is 1.28 bits per heavy atom. The molecule has 3 rings (SSSR count). The summed E-state index contributed by atoms with van der Waals surface area (Å²) in [6, 6.07) is 10.6. The van der Waals surface area contributed by atoms with Gasteiger partial charge in [0.25, 0.3) is 11.5 Å². The fraction of sp³-hybridized carbons (Fsp3) is 0.200. The summed E-state index contributed by atoms with van der Waals surface area (Å²) in [5.74, 6) is 0.534. The first-order chi connectivity index (χ1) is 13.9. The van der Waals surface area contributed by atoms with Gasteiger partial charge in [-0.3, -0.25) is 9.59 Å². The molecule has 2 N–H and O–H groups in total. The van der Waals surface area contributed by atoms with Crippen LogP contribution in [0.2, 0.25) is 0 Å². The van der Waals surface area contributed by atoms with E-state index in [4.69, 9.17) is 10.5 Å². The zero-order valence-corrected chi connectivity index (χ0v) is 18.7. The molecule has 0 fully saturated rings. The van der Waals surface area contributed by atoms with E-state index in [1.807, 2.05) is 19.1 Å². The maximum Gasteiger partial charge on any atom is 0.282 e. The molecule has 1 heterocycles. The van der Waals surface area contributed by atoms with Gasteiger partial charge in [-0.1, -0.05) is 22.9 Å². The normalized spacial score (nSPS) is 11.3. The van der Waals surface area contributed by atoms with Crippen LogP contribution in [-0.2, 0) is 11.2 Å². The van der Waals surface area contributed by atoms with E-state index in [2.05, 4.69) is 41.9 Å². The minimum atomic E-state index is -0.555. The smallest absolute Gasteiger partial charge is 0.282 e. The van der Waals surface area contributed by atoms with Gasteiger partial charge in [-0.2, -0.15) is 9.78 Å². The molecule has 7 nitrogen and oxygen atoms in total. The van der Waals surface area contributed by atoms with Crippen LogP contribution in [0.5, 0.6) is 5.75 Å². The molecule has 0 unspecified atom stereocenters. The van der Waals surface area contributed by atoms with Crippen LogP contribution in [0.1, 0.15) is 24.7 Å². The molecule has 9 heteroatoms. The van der Waals surface area contributed by atoms with Gasteiger partial charge >= 0.3 is 0 Å². The molecular formula is C20H18Br2N4O3. The number of aromatic nitrogens is 2. The Hall–Kier alpha value is -2.52. The number of rotatable bonds is 7. The second kappa shape index (κ2) is 9.32. The third-order valence-electron chi connectivity index (χ3n) is 4.00. The van der Waals surface area contributed by atoms with E-state index >= 15 is 0 Å². The summed E-state index contributed by atoms with van der Waals surface area (Å²) in [6.45, 7) is 1.81. The zero-order chi connectivity index (χ0) is 21.0. The van der Waals surface area contributed by atoms with Crippen molar-refractivity contribution in [2.24, 2.45) is 10.8 Å². The van der Waals surface area contributed by atoms with E-state index in [0.29, 0.717) is 33.4 Å². The summed E-state index contributed by atoms with van der Waals surface area (Å²) in [6.07, 6.45) is 3.04. The van der Waals surface area contributed by atoms with Crippen LogP contribution >= 0.6 is 31.9 Å². The van der Waals surface area contributed by atoms with E-state index in [-0.39, 0.29) is 12.2 Å². The molecule has 1 aromatic heterocycles. The van der Waals surface area contributed by atoms with Crippen molar-refractivity contribution in [3.8, 4) is 5.75 Å². The highest BCUT2D eigenvalue weighted by Gasteiger charge is 2.11. The number of carbonyl (C=O) groups is 1. The van der Waals surface area contributed by atoms with E-state index in [9.17, 15) is 9.59 Å². The molecule has 0 bridgehead atoms. The summed E-state index contributed by atoms with van der Waals surface area (Å²) in [5, 5.41) is 4.88. The van der Waals surface area contributed by atoms with Gasteiger partial charge in [-0.05, 0) is 64.3 Å². The van der Waals surface area contributed by atoms with Gasteiger partial charge in [-0.25, -0.2) is 4.98 Å². The summed E-state index contributed by atoms with van der Waals surface area (Å²) in [7, 11) is 0. The number of amides is 1. The Bertz CT molecular complexity index is 1160. The Morgan fingerprint density at radius 2 is 2.07 bits per heavy atom. The molecule has 150 valence electrons. The quantitative estimate of drug-likeness (QED) is 0.480. The van der Waals surface area contributed by atoms with Crippen LogP contribution < -0.4 is 16.0 Å². The summed E-state index contributed by atoms with van der Waals surface area (Å²) in [4.78, 5) is 28.5. The fourth-order valence-electron chi connectivity index (χ4n) is 2.69. The second-order valence-corrected chi connectivity index (χ2v) is 8.02. The highest BCUT2D eigenvalue weighted by molar-refractivity contribution is 9.10. The lowest BCUT2D eigenvalue weighted by Crippen LogP contribution is -2.22. The fourth-order valence-corrected chi connectivity index (χ4v) is 3.56. The lowest BCUT2D eigenvalue weighted by Gasteiger charge is -2.09. The highest BCUT2D eigenvalue weighted by atomic mass is 79.9. The predicted octanol–water partition coefficient (Wildman–Crippen LogP) is 3.62. The standard InChI is InChI=1S/C20H18Br2N4O3/c1-2-3-19-25-16-6-5-13(21)9-14(16)20(28)26(19)24-10-12-4-7-17(15(22)8-12)29-11-18(23)27/h4-10H,2-3,11H2,1H3,(H2,23,27). The molecule has 1 amide bonds. The van der Waals surface area contributed by atoms with Crippen LogP contribution in [0.25, 0.3) is 10.9 Å². The first-order valence-electron chi connectivity index (χ1n) is 8.85. The first kappa shape index (κ1) is 21.2. The Kier molecular flexibility index (Phi) is 6.81. The number of primary amides is 1. The molecule has 0 radical (unpaired) electrons. The van der Waals surface area contributed by atoms with Crippen molar-refractivity contribution in [3.05, 3.63) is 67.1 Å². The molecular weight excluding hydrogens is 504 g/mol. The SMILES string of the molecule is CCCc1nc2ccc(Br)cc2c(=O)n1N=Cc1ccc(OCC(N)=O)c(Br)c1. The predicted molar refractivity (Wildman–Crippen MR) is 120 cm³/mol. The molecule has 3 aromatic rings. The van der Waals surface area contributed by atoms with Gasteiger partial charge in [0.05, 0.1) is 21.6 Å². The zero-order valence-electron chi connectivity index (χ0n) is 15.6. The molecule has 0 aliphatic rings. The second-order valence-electron chi connectivity index (χ2n) is 6.25. The van der Waals surface area contributed by atoms with Gasteiger partial charge < -0.3 is 10.5 Å². The van der Waals surface area contributed by atoms with Crippen molar-refractivity contribution in [2.45, 2.75) is 19.8 Å². The number of aryl methyl sites for hydroxylation is 1. The number of hydrogen-bond acceptors (Lipinski definition) is 5. The van der Waals surface area contributed by atoms with E-state index in [0.717, 1.165) is 16.5 Å². The van der Waals surface area contributed by atoms with Gasteiger partial charge in [0.2, 0.25) is 0 Å². The van der Waals surface area contributed by atoms with Crippen molar-refractivity contribution < 1.29 is 9.53 Å². The van der Waals surface area contributed by atoms with E-state index < -0.39 is 5.91 Å². The Balaban J connectivity index is 1.98. The van der Waals surface area contributed by atoms with Crippen LogP contribution in [0.15, 0.2) is 55.2 Å². The molecule has 0 saturated carbocycles. The third-order valence-corrected chi connectivity index (χ3v) is 5.11. The van der Waals surface area contributed by atoms with Crippen molar-refractivity contribution in [3.63, 3.8) is 0 Å². The maximum atomic E-state index is 13.0. The average Bonchev–Trinajstić information content (AvgIpc) is 2.68. The number of nitrogens with two attached hydrogens (primary N) is 1. The van der Waals surface area contributed by atoms with Crippen molar-refractivity contribution in [1.29, 1.82) is 0 Å². The van der Waals surface area contributed by atoms with Crippen LogP contribution in [0, 0.1) is 0 Å². The topological polar surface area (TPSA) is 99.6 Å². The van der Waals surface area contributed by atoms with Crippen molar-refractivity contribution in [2.75, 3.05) is 6.61 Å². The first-order valence-corrected chi connectivity index (χ1v) is 10.4. The Labute approximate surface area is 183 Å². The summed E-state index contributed by atoms with van der Waals surface area (Å²) < 4.78 is 8.09. The molecule has 0 aliphatic carbocycles. The third kappa shape index (κ3) is 5.10.